The van der Waals surface area contributed by atoms with Crippen molar-refractivity contribution in [2.75, 3.05) is 23.3 Å². The zero-order valence-electron chi connectivity index (χ0n) is 16.0. The van der Waals surface area contributed by atoms with E-state index in [1.807, 2.05) is 38.1 Å². The Morgan fingerprint density at radius 1 is 1.22 bits per heavy atom. The Morgan fingerprint density at radius 2 is 2.00 bits per heavy atom. The fourth-order valence-corrected chi connectivity index (χ4v) is 4.74. The van der Waals surface area contributed by atoms with Crippen molar-refractivity contribution in [1.82, 2.24) is 9.97 Å². The van der Waals surface area contributed by atoms with Crippen LogP contribution in [0, 0.1) is 19.8 Å². The Kier molecular flexibility index (Phi) is 4.83. The number of carbonyl (C=O) groups is 1. The lowest BCUT2D eigenvalue weighted by Crippen LogP contribution is -2.35. The summed E-state index contributed by atoms with van der Waals surface area (Å²) in [7, 11) is 0. The SMILES string of the molecule is Cc1ccc(NC(=O)c2c(C)sc3ncnc(N4CCC[C@@H](C)C4)c23)cc1. The van der Waals surface area contributed by atoms with E-state index in [1.54, 1.807) is 17.7 Å². The van der Waals surface area contributed by atoms with Crippen LogP contribution in [0.5, 0.6) is 0 Å². The van der Waals surface area contributed by atoms with Crippen LogP contribution in [0.2, 0.25) is 0 Å². The minimum Gasteiger partial charge on any atom is -0.356 e. The predicted octanol–water partition coefficient (Wildman–Crippen LogP) is 4.80. The molecule has 6 heteroatoms. The zero-order valence-corrected chi connectivity index (χ0v) is 16.8. The Bertz CT molecular complexity index is 980. The standard InChI is InChI=1S/C21H24N4OS/c1-13-6-8-16(9-7-13)24-20(26)17-15(3)27-21-18(17)19(22-12-23-21)25-10-4-5-14(2)11-25/h6-9,12,14H,4-5,10-11H2,1-3H3,(H,24,26)/t14-/m1/s1. The lowest BCUT2D eigenvalue weighted by atomic mass is 10.00. The summed E-state index contributed by atoms with van der Waals surface area (Å²) in [5, 5.41) is 3.92. The smallest absolute Gasteiger partial charge is 0.257 e. The number of anilines is 2. The highest BCUT2D eigenvalue weighted by Gasteiger charge is 2.25. The summed E-state index contributed by atoms with van der Waals surface area (Å²) < 4.78 is 0. The average Bonchev–Trinajstić information content (AvgIpc) is 2.99. The molecular weight excluding hydrogens is 356 g/mol. The van der Waals surface area contributed by atoms with Crippen LogP contribution in [0.3, 0.4) is 0 Å². The van der Waals surface area contributed by atoms with Crippen LogP contribution in [-0.4, -0.2) is 29.0 Å². The van der Waals surface area contributed by atoms with Crippen molar-refractivity contribution in [2.24, 2.45) is 5.92 Å². The summed E-state index contributed by atoms with van der Waals surface area (Å²) in [6.45, 7) is 8.24. The van der Waals surface area contributed by atoms with Crippen molar-refractivity contribution in [3.8, 4) is 0 Å². The number of fused-ring (bicyclic) bond motifs is 1. The second kappa shape index (κ2) is 7.27. The van der Waals surface area contributed by atoms with E-state index in [0.29, 0.717) is 11.5 Å². The molecule has 0 unspecified atom stereocenters. The summed E-state index contributed by atoms with van der Waals surface area (Å²) in [6, 6.07) is 7.86. The van der Waals surface area contributed by atoms with Crippen LogP contribution >= 0.6 is 11.3 Å². The molecule has 4 rings (SSSR count). The number of rotatable bonds is 3. The van der Waals surface area contributed by atoms with Gasteiger partial charge in [0.15, 0.2) is 0 Å². The van der Waals surface area contributed by atoms with Gasteiger partial charge in [-0.25, -0.2) is 9.97 Å². The van der Waals surface area contributed by atoms with Gasteiger partial charge in [-0.1, -0.05) is 24.6 Å². The molecule has 1 aliphatic heterocycles. The topological polar surface area (TPSA) is 58.1 Å². The number of aryl methyl sites for hydroxylation is 2. The van der Waals surface area contributed by atoms with Crippen molar-refractivity contribution in [3.05, 3.63) is 46.6 Å². The van der Waals surface area contributed by atoms with Gasteiger partial charge in [0.2, 0.25) is 0 Å². The van der Waals surface area contributed by atoms with Gasteiger partial charge in [0.1, 0.15) is 17.0 Å². The molecule has 1 N–H and O–H groups in total. The zero-order chi connectivity index (χ0) is 19.0. The molecule has 0 aliphatic carbocycles. The molecule has 0 saturated carbocycles. The first-order valence-corrected chi connectivity index (χ1v) is 10.2. The minimum atomic E-state index is -0.0938. The Labute approximate surface area is 163 Å². The Morgan fingerprint density at radius 3 is 2.74 bits per heavy atom. The molecule has 140 valence electrons. The molecule has 1 saturated heterocycles. The normalized spacial score (nSPS) is 17.3. The highest BCUT2D eigenvalue weighted by molar-refractivity contribution is 7.19. The lowest BCUT2D eigenvalue weighted by molar-refractivity contribution is 0.102. The van der Waals surface area contributed by atoms with Gasteiger partial charge in [0.05, 0.1) is 10.9 Å². The maximum Gasteiger partial charge on any atom is 0.257 e. The number of hydrogen-bond acceptors (Lipinski definition) is 5. The molecule has 1 aromatic carbocycles. The number of nitrogens with one attached hydrogen (secondary N) is 1. The first kappa shape index (κ1) is 17.9. The van der Waals surface area contributed by atoms with E-state index >= 15 is 0 Å². The number of amides is 1. The molecule has 2 aromatic heterocycles. The van der Waals surface area contributed by atoms with Crippen molar-refractivity contribution in [2.45, 2.75) is 33.6 Å². The van der Waals surface area contributed by atoms with Gasteiger partial charge in [-0.05, 0) is 44.7 Å². The molecule has 0 bridgehead atoms. The van der Waals surface area contributed by atoms with Crippen LogP contribution in [0.25, 0.3) is 10.2 Å². The summed E-state index contributed by atoms with van der Waals surface area (Å²) in [4.78, 5) is 26.3. The highest BCUT2D eigenvalue weighted by atomic mass is 32.1. The molecule has 0 spiro atoms. The third kappa shape index (κ3) is 3.54. The van der Waals surface area contributed by atoms with E-state index in [9.17, 15) is 4.79 Å². The van der Waals surface area contributed by atoms with Gasteiger partial charge in [0.25, 0.3) is 5.91 Å². The van der Waals surface area contributed by atoms with E-state index in [-0.39, 0.29) is 5.91 Å². The van der Waals surface area contributed by atoms with E-state index < -0.39 is 0 Å². The maximum atomic E-state index is 13.1. The lowest BCUT2D eigenvalue weighted by Gasteiger charge is -2.32. The van der Waals surface area contributed by atoms with E-state index in [2.05, 4.69) is 27.1 Å². The third-order valence-electron chi connectivity index (χ3n) is 5.14. The first-order chi connectivity index (χ1) is 13.0. The fraction of sp³-hybridized carbons (Fsp3) is 0.381. The van der Waals surface area contributed by atoms with Gasteiger partial charge >= 0.3 is 0 Å². The first-order valence-electron chi connectivity index (χ1n) is 9.40. The Hall–Kier alpha value is -2.47. The molecule has 5 nitrogen and oxygen atoms in total. The molecule has 1 fully saturated rings. The van der Waals surface area contributed by atoms with Crippen molar-refractivity contribution in [1.29, 1.82) is 0 Å². The van der Waals surface area contributed by atoms with E-state index in [1.165, 1.54) is 12.0 Å². The number of piperidine rings is 1. The second-order valence-corrected chi connectivity index (χ2v) is 8.63. The average molecular weight is 381 g/mol. The summed E-state index contributed by atoms with van der Waals surface area (Å²) in [6.07, 6.45) is 4.02. The number of aromatic nitrogens is 2. The summed E-state index contributed by atoms with van der Waals surface area (Å²) in [5.41, 5.74) is 2.67. The van der Waals surface area contributed by atoms with Crippen LogP contribution in [0.4, 0.5) is 11.5 Å². The van der Waals surface area contributed by atoms with Crippen LogP contribution in [-0.2, 0) is 0 Å². The predicted molar refractivity (Wildman–Crippen MR) is 112 cm³/mol. The van der Waals surface area contributed by atoms with Gasteiger partial charge in [-0.3, -0.25) is 4.79 Å². The monoisotopic (exact) mass is 380 g/mol. The molecule has 0 radical (unpaired) electrons. The van der Waals surface area contributed by atoms with Crippen LogP contribution in [0.15, 0.2) is 30.6 Å². The van der Waals surface area contributed by atoms with E-state index in [4.69, 9.17) is 0 Å². The van der Waals surface area contributed by atoms with Crippen molar-refractivity contribution >= 4 is 39.0 Å². The summed E-state index contributed by atoms with van der Waals surface area (Å²) in [5.74, 6) is 1.43. The minimum absolute atomic E-state index is 0.0938. The molecule has 27 heavy (non-hydrogen) atoms. The van der Waals surface area contributed by atoms with Crippen LogP contribution in [0.1, 0.15) is 40.6 Å². The number of thiophene rings is 1. The highest BCUT2D eigenvalue weighted by Crippen LogP contribution is 2.36. The second-order valence-electron chi connectivity index (χ2n) is 7.42. The van der Waals surface area contributed by atoms with Gasteiger partial charge in [0, 0.05) is 23.7 Å². The Balaban J connectivity index is 1.74. The van der Waals surface area contributed by atoms with Gasteiger partial charge in [-0.15, -0.1) is 11.3 Å². The third-order valence-corrected chi connectivity index (χ3v) is 6.15. The number of hydrogen-bond donors (Lipinski definition) is 1. The fourth-order valence-electron chi connectivity index (χ4n) is 3.75. The quantitative estimate of drug-likeness (QED) is 0.709. The van der Waals surface area contributed by atoms with Gasteiger partial charge in [-0.2, -0.15) is 0 Å². The van der Waals surface area contributed by atoms with Crippen molar-refractivity contribution < 1.29 is 4.79 Å². The largest absolute Gasteiger partial charge is 0.356 e. The van der Waals surface area contributed by atoms with Crippen LogP contribution < -0.4 is 10.2 Å². The molecule has 3 aromatic rings. The number of nitrogens with zero attached hydrogens (tertiary/aromatic N) is 3. The van der Waals surface area contributed by atoms with Crippen molar-refractivity contribution in [3.63, 3.8) is 0 Å². The molecule has 1 amide bonds. The maximum absolute atomic E-state index is 13.1. The molecule has 3 heterocycles. The molecule has 1 atom stereocenters. The molecular formula is C21H24N4OS. The van der Waals surface area contributed by atoms with E-state index in [0.717, 1.165) is 46.1 Å². The van der Waals surface area contributed by atoms with Gasteiger partial charge < -0.3 is 10.2 Å². The summed E-state index contributed by atoms with van der Waals surface area (Å²) >= 11 is 1.56. The number of carbonyl (C=O) groups excluding carboxylic acids is 1. The number of benzene rings is 1. The molecule has 1 aliphatic rings.